The maximum Gasteiger partial charge on any atom is 0.236 e. The predicted octanol–water partition coefficient (Wildman–Crippen LogP) is 1.44. The summed E-state index contributed by atoms with van der Waals surface area (Å²) >= 11 is 6.03. The van der Waals surface area contributed by atoms with Crippen LogP contribution in [0.15, 0.2) is 24.3 Å². The largest absolute Gasteiger partial charge is 0.353 e. The highest BCUT2D eigenvalue weighted by Crippen LogP contribution is 2.14. The molecule has 0 saturated carbocycles. The molecule has 0 aromatic heterocycles. The Hall–Kier alpha value is -1.63. The summed E-state index contributed by atoms with van der Waals surface area (Å²) in [4.78, 5) is 30.2. The average molecular weight is 381 g/mol. The Balaban J connectivity index is 1.73. The second-order valence-corrected chi connectivity index (χ2v) is 7.62. The van der Waals surface area contributed by atoms with Gasteiger partial charge in [-0.15, -0.1) is 0 Å². The van der Waals surface area contributed by atoms with Crippen molar-refractivity contribution in [3.63, 3.8) is 0 Å². The van der Waals surface area contributed by atoms with Crippen molar-refractivity contribution < 1.29 is 9.59 Å². The van der Waals surface area contributed by atoms with E-state index in [4.69, 9.17) is 11.6 Å². The summed E-state index contributed by atoms with van der Waals surface area (Å²) in [6, 6.07) is 8.00. The van der Waals surface area contributed by atoms with Gasteiger partial charge in [-0.25, -0.2) is 0 Å². The number of rotatable bonds is 7. The maximum atomic E-state index is 12.4. The van der Waals surface area contributed by atoms with Crippen LogP contribution < -0.4 is 5.32 Å². The van der Waals surface area contributed by atoms with Crippen molar-refractivity contribution in [2.24, 2.45) is 0 Å². The quantitative estimate of drug-likeness (QED) is 0.777. The van der Waals surface area contributed by atoms with Crippen molar-refractivity contribution >= 4 is 23.4 Å². The number of carbonyl (C=O) groups excluding carboxylic acids is 2. The number of likely N-dealkylation sites (N-methyl/N-ethyl adjacent to an activating group) is 1. The van der Waals surface area contributed by atoms with Crippen LogP contribution in [0.25, 0.3) is 0 Å². The summed E-state index contributed by atoms with van der Waals surface area (Å²) in [7, 11) is 1.80. The normalized spacial score (nSPS) is 15.5. The molecule has 0 spiro atoms. The Morgan fingerprint density at radius 1 is 1.19 bits per heavy atom. The molecule has 6 nitrogen and oxygen atoms in total. The molecule has 144 valence electrons. The van der Waals surface area contributed by atoms with E-state index >= 15 is 0 Å². The molecule has 2 amide bonds. The van der Waals surface area contributed by atoms with Crippen molar-refractivity contribution in [1.29, 1.82) is 0 Å². The van der Waals surface area contributed by atoms with Crippen LogP contribution in [-0.2, 0) is 16.1 Å². The zero-order valence-corrected chi connectivity index (χ0v) is 16.6. The monoisotopic (exact) mass is 380 g/mol. The standard InChI is InChI=1S/C19H29ClN4O2/c1-15(2)21-18(25)13-22(3)14-19(26)24-9-7-23(8-10-24)12-16-5-4-6-17(20)11-16/h4-6,11,15H,7-10,12-14H2,1-3H3,(H,21,25). The number of piperazine rings is 1. The van der Waals surface area contributed by atoms with E-state index in [0.717, 1.165) is 24.7 Å². The van der Waals surface area contributed by atoms with Gasteiger partial charge in [-0.05, 0) is 38.6 Å². The number of hydrogen-bond donors (Lipinski definition) is 1. The van der Waals surface area contributed by atoms with E-state index in [1.165, 1.54) is 5.56 Å². The van der Waals surface area contributed by atoms with E-state index in [9.17, 15) is 9.59 Å². The molecule has 0 atom stereocenters. The Bertz CT molecular complexity index is 615. The molecule has 1 fully saturated rings. The lowest BCUT2D eigenvalue weighted by Gasteiger charge is -2.35. The fourth-order valence-electron chi connectivity index (χ4n) is 3.05. The van der Waals surface area contributed by atoms with E-state index in [1.807, 2.05) is 36.9 Å². The molecule has 2 rings (SSSR count). The van der Waals surface area contributed by atoms with Gasteiger partial charge in [-0.2, -0.15) is 0 Å². The Kier molecular flexibility index (Phi) is 7.87. The summed E-state index contributed by atoms with van der Waals surface area (Å²) in [5.74, 6) is 0.0221. The molecule has 7 heteroatoms. The number of nitrogens with one attached hydrogen (secondary N) is 1. The third-order valence-electron chi connectivity index (χ3n) is 4.29. The highest BCUT2D eigenvalue weighted by atomic mass is 35.5. The van der Waals surface area contributed by atoms with Crippen LogP contribution in [0, 0.1) is 0 Å². The molecule has 0 radical (unpaired) electrons. The van der Waals surface area contributed by atoms with Crippen molar-refractivity contribution in [3.05, 3.63) is 34.9 Å². The predicted molar refractivity (Wildman–Crippen MR) is 104 cm³/mol. The number of carbonyl (C=O) groups is 2. The van der Waals surface area contributed by atoms with Crippen molar-refractivity contribution in [2.75, 3.05) is 46.3 Å². The molecular weight excluding hydrogens is 352 g/mol. The Morgan fingerprint density at radius 3 is 2.50 bits per heavy atom. The van der Waals surface area contributed by atoms with Crippen LogP contribution in [0.2, 0.25) is 5.02 Å². The molecule has 26 heavy (non-hydrogen) atoms. The lowest BCUT2D eigenvalue weighted by molar-refractivity contribution is -0.134. The molecule has 1 aliphatic rings. The topological polar surface area (TPSA) is 55.9 Å². The first-order valence-corrected chi connectivity index (χ1v) is 9.44. The van der Waals surface area contributed by atoms with Crippen LogP contribution in [0.3, 0.4) is 0 Å². The van der Waals surface area contributed by atoms with Gasteiger partial charge in [0.15, 0.2) is 0 Å². The number of halogens is 1. The van der Waals surface area contributed by atoms with Gasteiger partial charge >= 0.3 is 0 Å². The van der Waals surface area contributed by atoms with Gasteiger partial charge in [0.2, 0.25) is 11.8 Å². The van der Waals surface area contributed by atoms with Crippen LogP contribution in [0.1, 0.15) is 19.4 Å². The van der Waals surface area contributed by atoms with E-state index < -0.39 is 0 Å². The summed E-state index contributed by atoms with van der Waals surface area (Å²) in [5, 5.41) is 3.59. The van der Waals surface area contributed by atoms with Crippen molar-refractivity contribution in [1.82, 2.24) is 20.0 Å². The van der Waals surface area contributed by atoms with Crippen LogP contribution in [-0.4, -0.2) is 78.9 Å². The van der Waals surface area contributed by atoms with E-state index in [2.05, 4.69) is 16.3 Å². The van der Waals surface area contributed by atoms with Gasteiger partial charge in [-0.3, -0.25) is 19.4 Å². The molecule has 1 heterocycles. The fourth-order valence-corrected chi connectivity index (χ4v) is 3.26. The molecule has 1 aromatic carbocycles. The van der Waals surface area contributed by atoms with Crippen LogP contribution >= 0.6 is 11.6 Å². The highest BCUT2D eigenvalue weighted by Gasteiger charge is 2.22. The molecule has 0 unspecified atom stereocenters. The van der Waals surface area contributed by atoms with Gasteiger partial charge < -0.3 is 10.2 Å². The van der Waals surface area contributed by atoms with Gasteiger partial charge in [0, 0.05) is 43.8 Å². The zero-order valence-electron chi connectivity index (χ0n) is 15.9. The SMILES string of the molecule is CC(C)NC(=O)CN(C)CC(=O)N1CCN(Cc2cccc(Cl)c2)CC1. The molecule has 1 N–H and O–H groups in total. The molecule has 1 aromatic rings. The number of amides is 2. The lowest BCUT2D eigenvalue weighted by atomic mass is 10.2. The second kappa shape index (κ2) is 9.90. The second-order valence-electron chi connectivity index (χ2n) is 7.18. The minimum Gasteiger partial charge on any atom is -0.353 e. The summed E-state index contributed by atoms with van der Waals surface area (Å²) in [6.07, 6.45) is 0. The summed E-state index contributed by atoms with van der Waals surface area (Å²) in [5.41, 5.74) is 1.19. The van der Waals surface area contributed by atoms with E-state index in [0.29, 0.717) is 13.1 Å². The number of nitrogens with zero attached hydrogens (tertiary/aromatic N) is 3. The molecular formula is C19H29ClN4O2. The lowest BCUT2D eigenvalue weighted by Crippen LogP contribution is -2.51. The number of benzene rings is 1. The van der Waals surface area contributed by atoms with E-state index in [-0.39, 0.29) is 30.9 Å². The first-order chi connectivity index (χ1) is 12.3. The van der Waals surface area contributed by atoms with Crippen LogP contribution in [0.5, 0.6) is 0 Å². The van der Waals surface area contributed by atoms with Gasteiger partial charge in [-0.1, -0.05) is 23.7 Å². The van der Waals surface area contributed by atoms with Crippen LogP contribution in [0.4, 0.5) is 0 Å². The third kappa shape index (κ3) is 6.94. The Labute approximate surface area is 161 Å². The average Bonchev–Trinajstić information content (AvgIpc) is 2.54. The third-order valence-corrected chi connectivity index (χ3v) is 4.52. The minimum absolute atomic E-state index is 0.0540. The van der Waals surface area contributed by atoms with E-state index in [1.54, 1.807) is 11.9 Å². The number of hydrogen-bond acceptors (Lipinski definition) is 4. The summed E-state index contributed by atoms with van der Waals surface area (Å²) < 4.78 is 0. The first kappa shape index (κ1) is 20.7. The van der Waals surface area contributed by atoms with Crippen molar-refractivity contribution in [3.8, 4) is 0 Å². The van der Waals surface area contributed by atoms with Gasteiger partial charge in [0.25, 0.3) is 0 Å². The minimum atomic E-state index is -0.0540. The highest BCUT2D eigenvalue weighted by molar-refractivity contribution is 6.30. The summed E-state index contributed by atoms with van der Waals surface area (Å²) in [6.45, 7) is 8.30. The smallest absolute Gasteiger partial charge is 0.236 e. The van der Waals surface area contributed by atoms with Crippen molar-refractivity contribution in [2.45, 2.75) is 26.4 Å². The molecule has 0 aliphatic carbocycles. The Morgan fingerprint density at radius 2 is 1.88 bits per heavy atom. The zero-order chi connectivity index (χ0) is 19.1. The fraction of sp³-hybridized carbons (Fsp3) is 0.579. The van der Waals surface area contributed by atoms with Gasteiger partial charge in [0.1, 0.15) is 0 Å². The molecule has 0 bridgehead atoms. The maximum absolute atomic E-state index is 12.4. The first-order valence-electron chi connectivity index (χ1n) is 9.06. The molecule has 1 aliphatic heterocycles. The van der Waals surface area contributed by atoms with Gasteiger partial charge in [0.05, 0.1) is 13.1 Å². The molecule has 1 saturated heterocycles.